The number of aromatic nitrogens is 1. The van der Waals surface area contributed by atoms with Crippen molar-refractivity contribution in [2.75, 3.05) is 10.6 Å². The Balaban J connectivity index is 1.75. The fourth-order valence-corrected chi connectivity index (χ4v) is 3.10. The minimum atomic E-state index is -0.385. The van der Waals surface area contributed by atoms with Crippen molar-refractivity contribution in [1.29, 1.82) is 0 Å². The molecule has 0 spiro atoms. The molecule has 6 nitrogen and oxygen atoms in total. The number of Topliss-reactive ketones (excluding diaryl/α,β-unsaturated/α-hetero) is 1. The van der Waals surface area contributed by atoms with Crippen LogP contribution in [0.5, 0.6) is 0 Å². The summed E-state index contributed by atoms with van der Waals surface area (Å²) in [4.78, 5) is 39.1. The molecule has 0 aliphatic carbocycles. The molecule has 1 aromatic heterocycles. The fourth-order valence-electron chi connectivity index (χ4n) is 2.24. The average Bonchev–Trinajstić information content (AvgIpc) is 2.96. The first kappa shape index (κ1) is 16.8. The second-order valence-electron chi connectivity index (χ2n) is 5.45. The molecule has 2 N–H and O–H groups in total. The van der Waals surface area contributed by atoms with Crippen molar-refractivity contribution in [1.82, 2.24) is 4.98 Å². The molecule has 3 aromatic rings. The van der Waals surface area contributed by atoms with Crippen LogP contribution < -0.4 is 10.6 Å². The van der Waals surface area contributed by atoms with Gasteiger partial charge in [-0.2, -0.15) is 0 Å². The third kappa shape index (κ3) is 4.27. The average molecular weight is 353 g/mol. The molecule has 0 radical (unpaired) electrons. The molecule has 1 heterocycles. The number of nitrogens with zero attached hydrogens (tertiary/aromatic N) is 1. The number of anilines is 2. The molecule has 0 unspecified atom stereocenters. The van der Waals surface area contributed by atoms with E-state index in [1.807, 2.05) is 12.1 Å². The van der Waals surface area contributed by atoms with E-state index in [4.69, 9.17) is 0 Å². The lowest BCUT2D eigenvalue weighted by atomic mass is 10.2. The van der Waals surface area contributed by atoms with Gasteiger partial charge in [-0.05, 0) is 37.3 Å². The molecular weight excluding hydrogens is 338 g/mol. The van der Waals surface area contributed by atoms with Crippen molar-refractivity contribution in [3.8, 4) is 0 Å². The number of carbonyl (C=O) groups excluding carboxylic acids is 3. The van der Waals surface area contributed by atoms with Crippen LogP contribution >= 0.6 is 11.3 Å². The largest absolute Gasteiger partial charge is 0.322 e. The van der Waals surface area contributed by atoms with Gasteiger partial charge in [-0.25, -0.2) is 4.98 Å². The Morgan fingerprint density at radius 1 is 1.04 bits per heavy atom. The lowest BCUT2D eigenvalue weighted by Crippen LogP contribution is -2.14. The Hall–Kier alpha value is -3.06. The molecule has 7 heteroatoms. The number of nitrogens with one attached hydrogen (secondary N) is 2. The minimum Gasteiger partial charge on any atom is -0.322 e. The highest BCUT2D eigenvalue weighted by Crippen LogP contribution is 2.28. The second kappa shape index (κ2) is 7.23. The molecule has 0 atom stereocenters. The predicted octanol–water partition coefficient (Wildman–Crippen LogP) is 3.47. The number of amides is 2. The first-order valence-corrected chi connectivity index (χ1v) is 8.39. The van der Waals surface area contributed by atoms with Crippen LogP contribution in [0.15, 0.2) is 48.5 Å². The zero-order valence-corrected chi connectivity index (χ0v) is 14.2. The van der Waals surface area contributed by atoms with Crippen LogP contribution in [0.25, 0.3) is 10.2 Å². The molecule has 0 fully saturated rings. The molecular formula is C18H15N3O3S. The highest BCUT2D eigenvalue weighted by Gasteiger charge is 2.11. The summed E-state index contributed by atoms with van der Waals surface area (Å²) >= 11 is 1.31. The topological polar surface area (TPSA) is 88.2 Å². The third-order valence-electron chi connectivity index (χ3n) is 3.34. The van der Waals surface area contributed by atoms with Crippen LogP contribution in [0.2, 0.25) is 0 Å². The number of ketones is 1. The van der Waals surface area contributed by atoms with Crippen LogP contribution in [0.4, 0.5) is 10.8 Å². The maximum absolute atomic E-state index is 12.2. The van der Waals surface area contributed by atoms with E-state index in [-0.39, 0.29) is 24.0 Å². The molecule has 0 aliphatic rings. The van der Waals surface area contributed by atoms with Gasteiger partial charge in [0.1, 0.15) is 5.78 Å². The van der Waals surface area contributed by atoms with Gasteiger partial charge < -0.3 is 10.6 Å². The summed E-state index contributed by atoms with van der Waals surface area (Å²) in [6.45, 7) is 1.36. The van der Waals surface area contributed by atoms with Crippen LogP contribution in [-0.2, 0) is 9.59 Å². The SMILES string of the molecule is CC(=O)CC(=O)Nc1nc2cc(NC(=O)c3ccccc3)ccc2s1. The zero-order chi connectivity index (χ0) is 17.8. The minimum absolute atomic E-state index is 0.172. The maximum atomic E-state index is 12.2. The van der Waals surface area contributed by atoms with E-state index < -0.39 is 0 Å². The van der Waals surface area contributed by atoms with Crippen molar-refractivity contribution in [2.45, 2.75) is 13.3 Å². The lowest BCUT2D eigenvalue weighted by molar-refractivity contribution is -0.124. The van der Waals surface area contributed by atoms with E-state index >= 15 is 0 Å². The van der Waals surface area contributed by atoms with Crippen molar-refractivity contribution >= 4 is 50.0 Å². The monoisotopic (exact) mass is 353 g/mol. The highest BCUT2D eigenvalue weighted by molar-refractivity contribution is 7.22. The molecule has 0 aliphatic heterocycles. The van der Waals surface area contributed by atoms with E-state index in [9.17, 15) is 14.4 Å². The van der Waals surface area contributed by atoms with E-state index in [0.29, 0.717) is 21.9 Å². The van der Waals surface area contributed by atoms with Crippen LogP contribution in [0.3, 0.4) is 0 Å². The van der Waals surface area contributed by atoms with E-state index in [1.165, 1.54) is 18.3 Å². The number of thiazole rings is 1. The van der Waals surface area contributed by atoms with Crippen LogP contribution in [-0.4, -0.2) is 22.6 Å². The van der Waals surface area contributed by atoms with Gasteiger partial charge in [-0.15, -0.1) is 0 Å². The summed E-state index contributed by atoms with van der Waals surface area (Å²) in [5, 5.41) is 5.85. The maximum Gasteiger partial charge on any atom is 0.255 e. The molecule has 126 valence electrons. The van der Waals surface area contributed by atoms with E-state index in [2.05, 4.69) is 15.6 Å². The summed E-state index contributed by atoms with van der Waals surface area (Å²) < 4.78 is 0.871. The smallest absolute Gasteiger partial charge is 0.255 e. The highest BCUT2D eigenvalue weighted by atomic mass is 32.1. The predicted molar refractivity (Wildman–Crippen MR) is 97.9 cm³/mol. The third-order valence-corrected chi connectivity index (χ3v) is 4.29. The normalized spacial score (nSPS) is 10.4. The van der Waals surface area contributed by atoms with E-state index in [0.717, 1.165) is 4.70 Å². The Kier molecular flexibility index (Phi) is 4.85. The molecule has 0 saturated heterocycles. The first-order chi connectivity index (χ1) is 12.0. The van der Waals surface area contributed by atoms with Gasteiger partial charge in [0, 0.05) is 11.3 Å². The quantitative estimate of drug-likeness (QED) is 0.688. The summed E-state index contributed by atoms with van der Waals surface area (Å²) in [5.74, 6) is -0.793. The molecule has 3 rings (SSSR count). The number of rotatable bonds is 5. The Bertz CT molecular complexity index is 951. The van der Waals surface area contributed by atoms with Crippen LogP contribution in [0, 0.1) is 0 Å². The number of hydrogen-bond acceptors (Lipinski definition) is 5. The van der Waals surface area contributed by atoms with Crippen molar-refractivity contribution in [3.05, 3.63) is 54.1 Å². The Labute approximate surface area is 147 Å². The van der Waals surface area contributed by atoms with Gasteiger partial charge in [0.25, 0.3) is 5.91 Å². The molecule has 2 amide bonds. The zero-order valence-electron chi connectivity index (χ0n) is 13.4. The molecule has 0 saturated carbocycles. The van der Waals surface area contributed by atoms with Crippen molar-refractivity contribution in [3.63, 3.8) is 0 Å². The lowest BCUT2D eigenvalue weighted by Gasteiger charge is -2.04. The van der Waals surface area contributed by atoms with Gasteiger partial charge >= 0.3 is 0 Å². The summed E-state index contributed by atoms with van der Waals surface area (Å²) in [5.41, 5.74) is 1.85. The van der Waals surface area contributed by atoms with E-state index in [1.54, 1.807) is 36.4 Å². The van der Waals surface area contributed by atoms with Gasteiger partial charge in [-0.1, -0.05) is 29.5 Å². The summed E-state index contributed by atoms with van der Waals surface area (Å²) in [6.07, 6.45) is -0.172. The summed E-state index contributed by atoms with van der Waals surface area (Å²) in [6, 6.07) is 14.3. The molecule has 2 aromatic carbocycles. The first-order valence-electron chi connectivity index (χ1n) is 7.57. The van der Waals surface area contributed by atoms with Gasteiger partial charge in [0.2, 0.25) is 5.91 Å². The van der Waals surface area contributed by atoms with Gasteiger partial charge in [-0.3, -0.25) is 14.4 Å². The number of carbonyl (C=O) groups is 3. The van der Waals surface area contributed by atoms with Crippen molar-refractivity contribution in [2.24, 2.45) is 0 Å². The Morgan fingerprint density at radius 2 is 1.80 bits per heavy atom. The fraction of sp³-hybridized carbons (Fsp3) is 0.111. The van der Waals surface area contributed by atoms with Gasteiger partial charge in [0.15, 0.2) is 5.13 Å². The number of benzene rings is 2. The standard InChI is InChI=1S/C18H15N3O3S/c1-11(22)9-16(23)21-18-20-14-10-13(7-8-15(14)25-18)19-17(24)12-5-3-2-4-6-12/h2-8,10H,9H2,1H3,(H,19,24)(H,20,21,23). The molecule has 0 bridgehead atoms. The van der Waals surface area contributed by atoms with Gasteiger partial charge in [0.05, 0.1) is 16.6 Å². The number of hydrogen-bond donors (Lipinski definition) is 2. The summed E-state index contributed by atoms with van der Waals surface area (Å²) in [7, 11) is 0. The van der Waals surface area contributed by atoms with Crippen LogP contribution in [0.1, 0.15) is 23.7 Å². The Morgan fingerprint density at radius 3 is 2.52 bits per heavy atom. The van der Waals surface area contributed by atoms with Crippen molar-refractivity contribution < 1.29 is 14.4 Å². The molecule has 25 heavy (non-hydrogen) atoms. The second-order valence-corrected chi connectivity index (χ2v) is 6.48. The number of fused-ring (bicyclic) bond motifs is 1.